The van der Waals surface area contributed by atoms with E-state index in [0.29, 0.717) is 28.3 Å². The van der Waals surface area contributed by atoms with Gasteiger partial charge in [-0.25, -0.2) is 14.4 Å². The topological polar surface area (TPSA) is 43.2 Å². The van der Waals surface area contributed by atoms with Gasteiger partial charge in [0.15, 0.2) is 0 Å². The molecular formula is C16H20BrFN2O2. The fourth-order valence-electron chi connectivity index (χ4n) is 2.39. The third kappa shape index (κ3) is 3.66. The lowest BCUT2D eigenvalue weighted by atomic mass is 10.0. The van der Waals surface area contributed by atoms with E-state index >= 15 is 0 Å². The van der Waals surface area contributed by atoms with Crippen LogP contribution in [0, 0.1) is 11.7 Å². The highest BCUT2D eigenvalue weighted by Gasteiger charge is 2.31. The molecule has 0 aliphatic carbocycles. The van der Waals surface area contributed by atoms with Crippen LogP contribution in [0.2, 0.25) is 0 Å². The Kier molecular flexibility index (Phi) is 5.56. The normalized spacial score (nSPS) is 21.4. The summed E-state index contributed by atoms with van der Waals surface area (Å²) in [7, 11) is 3.15. The van der Waals surface area contributed by atoms with Crippen LogP contribution in [0.25, 0.3) is 0 Å². The van der Waals surface area contributed by atoms with Crippen molar-refractivity contribution in [1.82, 2.24) is 0 Å². The van der Waals surface area contributed by atoms with Crippen LogP contribution in [0.1, 0.15) is 19.4 Å². The summed E-state index contributed by atoms with van der Waals surface area (Å²) < 4.78 is 25.5. The van der Waals surface area contributed by atoms with E-state index in [4.69, 9.17) is 9.47 Å². The van der Waals surface area contributed by atoms with E-state index in [0.717, 1.165) is 0 Å². The minimum atomic E-state index is -0.370. The van der Waals surface area contributed by atoms with Crippen molar-refractivity contribution in [2.45, 2.75) is 32.4 Å². The first-order chi connectivity index (χ1) is 10.5. The summed E-state index contributed by atoms with van der Waals surface area (Å²) in [6.07, 6.45) is 0.378. The Balaban J connectivity index is 2.29. The van der Waals surface area contributed by atoms with Crippen molar-refractivity contribution in [3.05, 3.63) is 34.1 Å². The molecule has 1 aliphatic rings. The Morgan fingerprint density at radius 2 is 1.86 bits per heavy atom. The van der Waals surface area contributed by atoms with Crippen molar-refractivity contribution in [2.24, 2.45) is 15.9 Å². The Morgan fingerprint density at radius 1 is 1.18 bits per heavy atom. The molecule has 0 amide bonds. The predicted molar refractivity (Wildman–Crippen MR) is 89.1 cm³/mol. The molecule has 1 heterocycles. The second-order valence-corrected chi connectivity index (χ2v) is 6.40. The van der Waals surface area contributed by atoms with Crippen molar-refractivity contribution in [3.63, 3.8) is 0 Å². The van der Waals surface area contributed by atoms with Gasteiger partial charge in [-0.2, -0.15) is 0 Å². The quantitative estimate of drug-likeness (QED) is 0.815. The Morgan fingerprint density at radius 3 is 2.41 bits per heavy atom. The molecule has 0 bridgehead atoms. The maximum atomic E-state index is 14.0. The average molecular weight is 371 g/mol. The molecule has 0 N–H and O–H groups in total. The number of aliphatic imine (C=N–C) groups is 2. The molecule has 22 heavy (non-hydrogen) atoms. The first-order valence-corrected chi connectivity index (χ1v) is 7.92. The largest absolute Gasteiger partial charge is 0.483 e. The van der Waals surface area contributed by atoms with Crippen molar-refractivity contribution in [2.75, 3.05) is 14.2 Å². The summed E-state index contributed by atoms with van der Waals surface area (Å²) in [5, 5.41) is 0. The Bertz CT molecular complexity index is 602. The lowest BCUT2D eigenvalue weighted by Crippen LogP contribution is -2.38. The minimum absolute atomic E-state index is 0.161. The van der Waals surface area contributed by atoms with Crippen LogP contribution < -0.4 is 0 Å². The van der Waals surface area contributed by atoms with E-state index < -0.39 is 0 Å². The Labute approximate surface area is 138 Å². The summed E-state index contributed by atoms with van der Waals surface area (Å²) in [6, 6.07) is 4.46. The third-order valence-corrected chi connectivity index (χ3v) is 4.06. The molecule has 120 valence electrons. The van der Waals surface area contributed by atoms with Crippen molar-refractivity contribution >= 4 is 27.7 Å². The van der Waals surface area contributed by atoms with Crippen LogP contribution in [-0.2, 0) is 15.9 Å². The molecule has 1 aliphatic heterocycles. The first kappa shape index (κ1) is 16.9. The SMILES string of the molecule is COC1=NC(C(C)C)C(OC)=NC1Cc1ccc(Br)cc1F. The number of methoxy groups -OCH3 is 2. The Hall–Kier alpha value is -1.43. The monoisotopic (exact) mass is 370 g/mol. The summed E-state index contributed by atoms with van der Waals surface area (Å²) in [6.45, 7) is 4.09. The summed E-state index contributed by atoms with van der Waals surface area (Å²) in [5.74, 6) is 1.05. The highest BCUT2D eigenvalue weighted by atomic mass is 79.9. The summed E-state index contributed by atoms with van der Waals surface area (Å²) in [5.41, 5.74) is 0.570. The summed E-state index contributed by atoms with van der Waals surface area (Å²) >= 11 is 3.26. The van der Waals surface area contributed by atoms with Crippen LogP contribution in [0.3, 0.4) is 0 Å². The van der Waals surface area contributed by atoms with E-state index in [-0.39, 0.29) is 23.8 Å². The van der Waals surface area contributed by atoms with Gasteiger partial charge in [-0.1, -0.05) is 35.8 Å². The van der Waals surface area contributed by atoms with Crippen LogP contribution in [0.4, 0.5) is 4.39 Å². The zero-order valence-corrected chi connectivity index (χ0v) is 14.7. The minimum Gasteiger partial charge on any atom is -0.483 e. The molecule has 2 unspecified atom stereocenters. The fraction of sp³-hybridized carbons (Fsp3) is 0.500. The molecular weight excluding hydrogens is 351 g/mol. The van der Waals surface area contributed by atoms with Gasteiger partial charge in [0, 0.05) is 10.9 Å². The van der Waals surface area contributed by atoms with Crippen LogP contribution in [0.5, 0.6) is 0 Å². The van der Waals surface area contributed by atoms with Crippen molar-refractivity contribution in [3.8, 4) is 0 Å². The fourth-order valence-corrected chi connectivity index (χ4v) is 2.72. The van der Waals surface area contributed by atoms with Crippen molar-refractivity contribution in [1.29, 1.82) is 0 Å². The zero-order valence-electron chi connectivity index (χ0n) is 13.1. The molecule has 0 spiro atoms. The highest BCUT2D eigenvalue weighted by molar-refractivity contribution is 9.10. The maximum absolute atomic E-state index is 14.0. The van der Waals surface area contributed by atoms with E-state index in [1.807, 2.05) is 19.9 Å². The van der Waals surface area contributed by atoms with Gasteiger partial charge in [0.1, 0.15) is 17.9 Å². The molecule has 1 aromatic rings. The average Bonchev–Trinajstić information content (AvgIpc) is 2.49. The van der Waals surface area contributed by atoms with Crippen LogP contribution in [-0.4, -0.2) is 38.1 Å². The summed E-state index contributed by atoms with van der Waals surface area (Å²) in [4.78, 5) is 9.16. The molecule has 0 saturated heterocycles. The van der Waals surface area contributed by atoms with E-state index in [1.54, 1.807) is 20.3 Å². The van der Waals surface area contributed by atoms with Gasteiger partial charge >= 0.3 is 0 Å². The second kappa shape index (κ2) is 7.22. The van der Waals surface area contributed by atoms with Gasteiger partial charge in [0.2, 0.25) is 11.8 Å². The van der Waals surface area contributed by atoms with Gasteiger partial charge in [-0.15, -0.1) is 0 Å². The number of ether oxygens (including phenoxy) is 2. The molecule has 0 saturated carbocycles. The zero-order chi connectivity index (χ0) is 16.3. The maximum Gasteiger partial charge on any atom is 0.209 e. The number of nitrogens with zero attached hydrogens (tertiary/aromatic N) is 2. The molecule has 4 nitrogen and oxygen atoms in total. The van der Waals surface area contributed by atoms with Gasteiger partial charge in [0.05, 0.1) is 14.2 Å². The van der Waals surface area contributed by atoms with Gasteiger partial charge < -0.3 is 9.47 Å². The molecule has 0 aromatic heterocycles. The molecule has 6 heteroatoms. The molecule has 2 rings (SSSR count). The van der Waals surface area contributed by atoms with Gasteiger partial charge in [-0.05, 0) is 23.6 Å². The predicted octanol–water partition coefficient (Wildman–Crippen LogP) is 3.63. The molecule has 2 atom stereocenters. The molecule has 1 aromatic carbocycles. The van der Waals surface area contributed by atoms with E-state index in [9.17, 15) is 4.39 Å². The van der Waals surface area contributed by atoms with E-state index in [1.165, 1.54) is 6.07 Å². The standard InChI is InChI=1S/C16H20BrFN2O2/c1-9(2)14-16(22-4)19-13(15(20-14)21-3)7-10-5-6-11(17)8-12(10)18/h5-6,8-9,13-14H,7H2,1-4H3. The third-order valence-electron chi connectivity index (χ3n) is 3.57. The van der Waals surface area contributed by atoms with Crippen LogP contribution >= 0.6 is 15.9 Å². The second-order valence-electron chi connectivity index (χ2n) is 5.49. The first-order valence-electron chi connectivity index (χ1n) is 7.13. The van der Waals surface area contributed by atoms with Gasteiger partial charge in [-0.3, -0.25) is 0 Å². The number of rotatable bonds is 3. The molecule has 0 fully saturated rings. The lowest BCUT2D eigenvalue weighted by Gasteiger charge is -2.27. The van der Waals surface area contributed by atoms with Crippen molar-refractivity contribution < 1.29 is 13.9 Å². The highest BCUT2D eigenvalue weighted by Crippen LogP contribution is 2.22. The number of hydrogen-bond donors (Lipinski definition) is 0. The van der Waals surface area contributed by atoms with E-state index in [2.05, 4.69) is 25.9 Å². The van der Waals surface area contributed by atoms with Gasteiger partial charge in [0.25, 0.3) is 0 Å². The number of halogens is 2. The number of hydrogen-bond acceptors (Lipinski definition) is 4. The van der Waals surface area contributed by atoms with Crippen LogP contribution in [0.15, 0.2) is 32.7 Å². The smallest absolute Gasteiger partial charge is 0.209 e. The lowest BCUT2D eigenvalue weighted by molar-refractivity contribution is 0.332. The number of benzene rings is 1. The molecule has 0 radical (unpaired) electrons.